The minimum absolute atomic E-state index is 0.262. The van der Waals surface area contributed by atoms with E-state index in [0.29, 0.717) is 12.2 Å². The van der Waals surface area contributed by atoms with Crippen molar-refractivity contribution in [2.24, 2.45) is 0 Å². The molecule has 0 amide bonds. The van der Waals surface area contributed by atoms with Crippen molar-refractivity contribution in [3.8, 4) is 23.3 Å². The summed E-state index contributed by atoms with van der Waals surface area (Å²) in [5.41, 5.74) is 1.40. The van der Waals surface area contributed by atoms with Crippen LogP contribution in [0.25, 0.3) is 0 Å². The third-order valence-electron chi connectivity index (χ3n) is 3.06. The van der Waals surface area contributed by atoms with Gasteiger partial charge in [-0.1, -0.05) is 25.2 Å². The van der Waals surface area contributed by atoms with Gasteiger partial charge < -0.3 is 9.47 Å². The van der Waals surface area contributed by atoms with E-state index in [9.17, 15) is 13.2 Å². The molecule has 2 aromatic carbocycles. The van der Waals surface area contributed by atoms with Crippen molar-refractivity contribution < 1.29 is 22.6 Å². The number of halogens is 3. The summed E-state index contributed by atoms with van der Waals surface area (Å²) in [6.45, 7) is 2.79. The van der Waals surface area contributed by atoms with E-state index in [1.165, 1.54) is 24.3 Å². The van der Waals surface area contributed by atoms with Gasteiger partial charge in [0.25, 0.3) is 0 Å². The third-order valence-corrected chi connectivity index (χ3v) is 3.06. The third kappa shape index (κ3) is 6.25. The zero-order valence-corrected chi connectivity index (χ0v) is 13.2. The van der Waals surface area contributed by atoms with E-state index >= 15 is 0 Å². The van der Waals surface area contributed by atoms with Crippen LogP contribution in [0.5, 0.6) is 11.5 Å². The summed E-state index contributed by atoms with van der Waals surface area (Å²) in [7, 11) is 0. The van der Waals surface area contributed by atoms with Crippen LogP contribution in [0.3, 0.4) is 0 Å². The molecule has 24 heavy (non-hydrogen) atoms. The normalized spacial score (nSPS) is 10.7. The summed E-state index contributed by atoms with van der Waals surface area (Å²) in [5, 5.41) is 0. The average molecular weight is 334 g/mol. The van der Waals surface area contributed by atoms with Gasteiger partial charge in [-0.2, -0.15) is 0 Å². The predicted octanol–water partition coefficient (Wildman–Crippen LogP) is 5.16. The molecule has 2 rings (SSSR count). The van der Waals surface area contributed by atoms with Crippen LogP contribution in [-0.2, 0) is 0 Å². The molecule has 0 radical (unpaired) electrons. The van der Waals surface area contributed by atoms with Gasteiger partial charge in [0.2, 0.25) is 0 Å². The van der Waals surface area contributed by atoms with Gasteiger partial charge in [-0.05, 0) is 55.0 Å². The van der Waals surface area contributed by atoms with E-state index in [1.807, 2.05) is 24.3 Å². The summed E-state index contributed by atoms with van der Waals surface area (Å²) in [4.78, 5) is 0. The molecule has 0 fully saturated rings. The second-order valence-corrected chi connectivity index (χ2v) is 5.05. The highest BCUT2D eigenvalue weighted by atomic mass is 19.4. The Morgan fingerprint density at radius 3 is 1.79 bits per heavy atom. The van der Waals surface area contributed by atoms with Crippen LogP contribution in [0.1, 0.15) is 30.9 Å². The Morgan fingerprint density at radius 2 is 1.33 bits per heavy atom. The van der Waals surface area contributed by atoms with Gasteiger partial charge in [0.1, 0.15) is 11.5 Å². The van der Waals surface area contributed by atoms with Gasteiger partial charge in [0.15, 0.2) is 0 Å². The molecule has 0 aromatic heterocycles. The van der Waals surface area contributed by atoms with Crippen LogP contribution < -0.4 is 9.47 Å². The molecule has 0 aliphatic rings. The van der Waals surface area contributed by atoms with Crippen LogP contribution in [0.2, 0.25) is 0 Å². The molecule has 0 aliphatic heterocycles. The number of alkyl halides is 3. The zero-order chi connectivity index (χ0) is 17.4. The highest BCUT2D eigenvalue weighted by molar-refractivity contribution is 5.45. The van der Waals surface area contributed by atoms with Gasteiger partial charge in [0.05, 0.1) is 6.61 Å². The van der Waals surface area contributed by atoms with Gasteiger partial charge in [0, 0.05) is 11.1 Å². The van der Waals surface area contributed by atoms with Crippen molar-refractivity contribution in [2.45, 2.75) is 26.1 Å². The lowest BCUT2D eigenvalue weighted by Gasteiger charge is -2.08. The number of benzene rings is 2. The summed E-state index contributed by atoms with van der Waals surface area (Å²) in [5.74, 6) is 6.38. The Balaban J connectivity index is 1.96. The fourth-order valence-corrected chi connectivity index (χ4v) is 1.85. The smallest absolute Gasteiger partial charge is 0.494 e. The van der Waals surface area contributed by atoms with Crippen molar-refractivity contribution in [3.63, 3.8) is 0 Å². The Labute approximate surface area is 139 Å². The molecule has 5 heteroatoms. The highest BCUT2D eigenvalue weighted by Gasteiger charge is 2.30. The maximum absolute atomic E-state index is 12.1. The van der Waals surface area contributed by atoms with E-state index in [1.54, 1.807) is 0 Å². The van der Waals surface area contributed by atoms with Crippen LogP contribution in [0.15, 0.2) is 48.5 Å². The lowest BCUT2D eigenvalue weighted by atomic mass is 10.2. The lowest BCUT2D eigenvalue weighted by molar-refractivity contribution is -0.274. The van der Waals surface area contributed by atoms with Crippen LogP contribution in [0.4, 0.5) is 13.2 Å². The predicted molar refractivity (Wildman–Crippen MR) is 86.0 cm³/mol. The van der Waals surface area contributed by atoms with Gasteiger partial charge in [-0.3, -0.25) is 0 Å². The molecule has 0 atom stereocenters. The van der Waals surface area contributed by atoms with Crippen molar-refractivity contribution in [1.29, 1.82) is 0 Å². The van der Waals surface area contributed by atoms with Gasteiger partial charge in [-0.25, -0.2) is 0 Å². The minimum Gasteiger partial charge on any atom is -0.494 e. The number of hydrogen-bond acceptors (Lipinski definition) is 2. The summed E-state index contributed by atoms with van der Waals surface area (Å²) in [6, 6.07) is 12.8. The summed E-state index contributed by atoms with van der Waals surface area (Å²) < 4.78 is 45.6. The lowest BCUT2D eigenvalue weighted by Crippen LogP contribution is -2.16. The molecule has 0 unspecified atom stereocenters. The molecule has 0 spiro atoms. The van der Waals surface area contributed by atoms with E-state index in [-0.39, 0.29) is 5.75 Å². The summed E-state index contributed by atoms with van der Waals surface area (Å²) in [6.07, 6.45) is -2.60. The molecule has 0 heterocycles. The Hall–Kier alpha value is -2.61. The van der Waals surface area contributed by atoms with E-state index in [2.05, 4.69) is 23.5 Å². The standard InChI is InChI=1S/C19H17F3O2/c1-2-3-14-23-17-10-6-15(7-11-17)4-5-16-8-12-18(13-9-16)24-19(20,21)22/h6-13H,2-3,14H2,1H3. The molecule has 2 nitrogen and oxygen atoms in total. The first-order chi connectivity index (χ1) is 11.5. The topological polar surface area (TPSA) is 18.5 Å². The Morgan fingerprint density at radius 1 is 0.833 bits per heavy atom. The second kappa shape index (κ2) is 8.30. The second-order valence-electron chi connectivity index (χ2n) is 5.05. The molecule has 0 saturated heterocycles. The largest absolute Gasteiger partial charge is 0.573 e. The molecular weight excluding hydrogens is 317 g/mol. The maximum atomic E-state index is 12.1. The van der Waals surface area contributed by atoms with Crippen molar-refractivity contribution in [2.75, 3.05) is 6.61 Å². The number of unbranched alkanes of at least 4 members (excludes halogenated alkanes) is 1. The van der Waals surface area contributed by atoms with Crippen LogP contribution in [0, 0.1) is 11.8 Å². The maximum Gasteiger partial charge on any atom is 0.573 e. The van der Waals surface area contributed by atoms with Crippen molar-refractivity contribution in [1.82, 2.24) is 0 Å². The highest BCUT2D eigenvalue weighted by Crippen LogP contribution is 2.22. The van der Waals surface area contributed by atoms with Crippen LogP contribution >= 0.6 is 0 Å². The van der Waals surface area contributed by atoms with E-state index < -0.39 is 6.36 Å². The fourth-order valence-electron chi connectivity index (χ4n) is 1.85. The fraction of sp³-hybridized carbons (Fsp3) is 0.263. The average Bonchev–Trinajstić information content (AvgIpc) is 2.54. The van der Waals surface area contributed by atoms with Crippen LogP contribution in [-0.4, -0.2) is 13.0 Å². The van der Waals surface area contributed by atoms with Gasteiger partial charge >= 0.3 is 6.36 Å². The number of rotatable bonds is 5. The monoisotopic (exact) mass is 334 g/mol. The minimum atomic E-state index is -4.69. The van der Waals surface area contributed by atoms with Crippen molar-refractivity contribution >= 4 is 0 Å². The summed E-state index contributed by atoms with van der Waals surface area (Å²) >= 11 is 0. The zero-order valence-electron chi connectivity index (χ0n) is 13.2. The molecule has 0 saturated carbocycles. The molecular formula is C19H17F3O2. The molecule has 0 aliphatic carbocycles. The first-order valence-electron chi connectivity index (χ1n) is 7.57. The quantitative estimate of drug-likeness (QED) is 0.555. The Kier molecular flexibility index (Phi) is 6.14. The molecule has 126 valence electrons. The first kappa shape index (κ1) is 17.7. The SMILES string of the molecule is CCCCOc1ccc(C#Cc2ccc(OC(F)(F)F)cc2)cc1. The number of ether oxygens (including phenoxy) is 2. The molecule has 2 aromatic rings. The number of hydrogen-bond donors (Lipinski definition) is 0. The Bertz CT molecular complexity index is 693. The van der Waals surface area contributed by atoms with Crippen molar-refractivity contribution in [3.05, 3.63) is 59.7 Å². The molecule has 0 bridgehead atoms. The molecule has 0 N–H and O–H groups in total. The van der Waals surface area contributed by atoms with E-state index in [4.69, 9.17) is 4.74 Å². The first-order valence-corrected chi connectivity index (χ1v) is 7.57. The van der Waals surface area contributed by atoms with Gasteiger partial charge in [-0.15, -0.1) is 13.2 Å². The van der Waals surface area contributed by atoms with E-state index in [0.717, 1.165) is 24.2 Å².